The molecule has 0 bridgehead atoms. The minimum Gasteiger partial charge on any atom is -0.322 e. The van der Waals surface area contributed by atoms with Gasteiger partial charge in [-0.1, -0.05) is 6.92 Å². The second-order valence-corrected chi connectivity index (χ2v) is 6.79. The molecule has 0 aliphatic heterocycles. The van der Waals surface area contributed by atoms with E-state index >= 15 is 0 Å². The van der Waals surface area contributed by atoms with Gasteiger partial charge in [0.05, 0.1) is 21.2 Å². The monoisotopic (exact) mass is 327 g/mol. The maximum atomic E-state index is 6.31. The van der Waals surface area contributed by atoms with E-state index in [-0.39, 0.29) is 6.04 Å². The van der Waals surface area contributed by atoms with Crippen molar-refractivity contribution in [1.29, 1.82) is 0 Å². The lowest BCUT2D eigenvalue weighted by atomic mass is 10.1. The number of nitrogens with zero attached hydrogens (tertiary/aromatic N) is 2. The van der Waals surface area contributed by atoms with Gasteiger partial charge in [0, 0.05) is 17.8 Å². The third-order valence-corrected chi connectivity index (χ3v) is 4.60. The van der Waals surface area contributed by atoms with Crippen LogP contribution < -0.4 is 5.73 Å². The van der Waals surface area contributed by atoms with Gasteiger partial charge in [-0.2, -0.15) is 5.10 Å². The molecule has 2 aromatic heterocycles. The van der Waals surface area contributed by atoms with Crippen LogP contribution in [0.5, 0.6) is 0 Å². The van der Waals surface area contributed by atoms with Gasteiger partial charge in [-0.05, 0) is 47.5 Å². The molecule has 2 N–H and O–H groups in total. The predicted molar refractivity (Wildman–Crippen MR) is 79.9 cm³/mol. The average molecular weight is 328 g/mol. The first kappa shape index (κ1) is 13.8. The summed E-state index contributed by atoms with van der Waals surface area (Å²) < 4.78 is 3.18. The zero-order valence-electron chi connectivity index (χ0n) is 10.7. The van der Waals surface area contributed by atoms with Crippen LogP contribution in [-0.4, -0.2) is 9.78 Å². The van der Waals surface area contributed by atoms with E-state index in [2.05, 4.69) is 53.1 Å². The number of thiophene rings is 1. The molecule has 0 amide bonds. The van der Waals surface area contributed by atoms with Crippen LogP contribution in [0.25, 0.3) is 0 Å². The second kappa shape index (κ2) is 5.99. The van der Waals surface area contributed by atoms with Crippen LogP contribution in [-0.2, 0) is 19.4 Å². The minimum absolute atomic E-state index is 0.0169. The smallest absolute Gasteiger partial charge is 0.0701 e. The summed E-state index contributed by atoms with van der Waals surface area (Å²) in [6, 6.07) is 6.35. The fraction of sp³-hybridized carbons (Fsp3) is 0.462. The van der Waals surface area contributed by atoms with Gasteiger partial charge in [0.15, 0.2) is 0 Å². The zero-order chi connectivity index (χ0) is 13.1. The summed E-state index contributed by atoms with van der Waals surface area (Å²) >= 11 is 5.23. The molecule has 0 aliphatic carbocycles. The molecule has 5 heteroatoms. The fourth-order valence-electron chi connectivity index (χ4n) is 1.99. The third-order valence-electron chi connectivity index (χ3n) is 2.95. The Morgan fingerprint density at radius 1 is 1.44 bits per heavy atom. The van der Waals surface area contributed by atoms with Gasteiger partial charge in [-0.15, -0.1) is 11.3 Å². The van der Waals surface area contributed by atoms with Crippen LogP contribution in [0, 0.1) is 0 Å². The van der Waals surface area contributed by atoms with Crippen molar-refractivity contribution in [1.82, 2.24) is 9.78 Å². The molecule has 18 heavy (non-hydrogen) atoms. The molecule has 0 saturated carbocycles. The van der Waals surface area contributed by atoms with Gasteiger partial charge in [0.1, 0.15) is 0 Å². The summed E-state index contributed by atoms with van der Waals surface area (Å²) in [6.07, 6.45) is 1.82. The van der Waals surface area contributed by atoms with E-state index in [1.165, 1.54) is 4.88 Å². The Bertz CT molecular complexity index is 518. The maximum absolute atomic E-state index is 6.31. The van der Waals surface area contributed by atoms with Crippen LogP contribution in [0.4, 0.5) is 0 Å². The van der Waals surface area contributed by atoms with Crippen LogP contribution >= 0.6 is 27.3 Å². The molecule has 0 saturated heterocycles. The molecule has 2 heterocycles. The Morgan fingerprint density at radius 2 is 2.22 bits per heavy atom. The summed E-state index contributed by atoms with van der Waals surface area (Å²) in [6.45, 7) is 5.09. The summed E-state index contributed by atoms with van der Waals surface area (Å²) in [7, 11) is 0. The molecule has 2 aromatic rings. The highest BCUT2D eigenvalue weighted by Crippen LogP contribution is 2.26. The van der Waals surface area contributed by atoms with E-state index < -0.39 is 0 Å². The van der Waals surface area contributed by atoms with Gasteiger partial charge >= 0.3 is 0 Å². The number of hydrogen-bond acceptors (Lipinski definition) is 3. The summed E-state index contributed by atoms with van der Waals surface area (Å²) in [4.78, 5) is 1.30. The van der Waals surface area contributed by atoms with E-state index in [1.54, 1.807) is 11.3 Å². The quantitative estimate of drug-likeness (QED) is 0.912. The van der Waals surface area contributed by atoms with Crippen LogP contribution in [0.2, 0.25) is 0 Å². The molecule has 2 rings (SSSR count). The second-order valence-electron chi connectivity index (χ2n) is 4.25. The first-order valence-corrected chi connectivity index (χ1v) is 7.81. The van der Waals surface area contributed by atoms with E-state index in [4.69, 9.17) is 5.73 Å². The van der Waals surface area contributed by atoms with Crippen molar-refractivity contribution in [3.63, 3.8) is 0 Å². The number of aryl methyl sites for hydroxylation is 2. The van der Waals surface area contributed by atoms with Crippen LogP contribution in [0.1, 0.15) is 36.2 Å². The van der Waals surface area contributed by atoms with Gasteiger partial charge in [-0.3, -0.25) is 4.68 Å². The first-order valence-electron chi connectivity index (χ1n) is 6.20. The molecule has 0 spiro atoms. The molecule has 0 radical (unpaired) electrons. The number of aromatic nitrogens is 2. The molecular weight excluding hydrogens is 310 g/mol. The Morgan fingerprint density at radius 3 is 2.78 bits per heavy atom. The number of halogens is 1. The number of nitrogens with two attached hydrogens (primary N) is 1. The van der Waals surface area contributed by atoms with E-state index in [0.717, 1.165) is 34.6 Å². The molecule has 3 nitrogen and oxygen atoms in total. The fourth-order valence-corrected chi connectivity index (χ4v) is 3.54. The van der Waals surface area contributed by atoms with Crippen molar-refractivity contribution in [2.45, 2.75) is 39.3 Å². The summed E-state index contributed by atoms with van der Waals surface area (Å²) in [5.41, 5.74) is 8.57. The van der Waals surface area contributed by atoms with E-state index in [0.29, 0.717) is 0 Å². The van der Waals surface area contributed by atoms with Crippen molar-refractivity contribution in [3.8, 4) is 0 Å². The highest BCUT2D eigenvalue weighted by atomic mass is 79.9. The topological polar surface area (TPSA) is 43.8 Å². The Hall–Kier alpha value is -0.650. The van der Waals surface area contributed by atoms with Crippen molar-refractivity contribution in [2.24, 2.45) is 5.73 Å². The number of rotatable bonds is 5. The van der Waals surface area contributed by atoms with Gasteiger partial charge in [0.2, 0.25) is 0 Å². The highest BCUT2D eigenvalue weighted by molar-refractivity contribution is 9.11. The first-order chi connectivity index (χ1) is 8.63. The van der Waals surface area contributed by atoms with Crippen molar-refractivity contribution in [3.05, 3.63) is 38.3 Å². The molecule has 1 unspecified atom stereocenters. The van der Waals surface area contributed by atoms with Crippen molar-refractivity contribution < 1.29 is 0 Å². The van der Waals surface area contributed by atoms with Crippen LogP contribution in [0.15, 0.2) is 22.0 Å². The van der Waals surface area contributed by atoms with Gasteiger partial charge in [-0.25, -0.2) is 0 Å². The van der Waals surface area contributed by atoms with Crippen molar-refractivity contribution in [2.75, 3.05) is 0 Å². The average Bonchev–Trinajstić information content (AvgIpc) is 2.95. The lowest BCUT2D eigenvalue weighted by molar-refractivity contribution is 0.567. The molecular formula is C13H18BrN3S. The predicted octanol–water partition coefficient (Wildman–Crippen LogP) is 3.53. The summed E-state index contributed by atoms with van der Waals surface area (Å²) in [5.74, 6) is 0. The molecule has 1 atom stereocenters. The van der Waals surface area contributed by atoms with E-state index in [1.807, 2.05) is 4.68 Å². The summed E-state index contributed by atoms with van der Waals surface area (Å²) in [5, 5.41) is 4.55. The van der Waals surface area contributed by atoms with Gasteiger partial charge < -0.3 is 5.73 Å². The Balaban J connectivity index is 2.17. The normalized spacial score (nSPS) is 12.9. The zero-order valence-corrected chi connectivity index (χ0v) is 13.1. The van der Waals surface area contributed by atoms with Crippen molar-refractivity contribution >= 4 is 27.3 Å². The molecule has 0 aliphatic rings. The van der Waals surface area contributed by atoms with E-state index in [9.17, 15) is 0 Å². The maximum Gasteiger partial charge on any atom is 0.0701 e. The lowest BCUT2D eigenvalue weighted by Gasteiger charge is -2.12. The largest absolute Gasteiger partial charge is 0.322 e. The van der Waals surface area contributed by atoms with Gasteiger partial charge in [0.25, 0.3) is 0 Å². The highest BCUT2D eigenvalue weighted by Gasteiger charge is 2.15. The lowest BCUT2D eigenvalue weighted by Crippen LogP contribution is -2.17. The third kappa shape index (κ3) is 3.02. The minimum atomic E-state index is 0.0169. The Kier molecular flexibility index (Phi) is 4.59. The molecule has 0 fully saturated rings. The standard InChI is InChI=1S/C13H18BrN3S/c1-3-9-7-12(17(4-2)16-9)11(15)8-10-5-6-13(14)18-10/h5-7,11H,3-4,8,15H2,1-2H3. The number of hydrogen-bond donors (Lipinski definition) is 1. The van der Waals surface area contributed by atoms with Crippen LogP contribution in [0.3, 0.4) is 0 Å². The molecule has 0 aromatic carbocycles. The Labute approximate surface area is 120 Å². The SMILES string of the molecule is CCc1cc(C(N)Cc2ccc(Br)s2)n(CC)n1. The molecule has 98 valence electrons.